The van der Waals surface area contributed by atoms with Crippen LogP contribution in [0.5, 0.6) is 0 Å². The number of likely N-dealkylation sites (N-methyl/N-ethyl adjacent to an activating group) is 2. The van der Waals surface area contributed by atoms with E-state index in [0.29, 0.717) is 0 Å². The Balaban J connectivity index is 1.66. The lowest BCUT2D eigenvalue weighted by Gasteiger charge is -2.20. The second kappa shape index (κ2) is 9.97. The molecule has 0 spiro atoms. The van der Waals surface area contributed by atoms with Crippen molar-refractivity contribution in [3.8, 4) is 0 Å². The summed E-state index contributed by atoms with van der Waals surface area (Å²) in [4.78, 5) is 33.9. The molecule has 3 rings (SSSR count). The van der Waals surface area contributed by atoms with Crippen LogP contribution in [-0.2, 0) is 28.9 Å². The van der Waals surface area contributed by atoms with E-state index in [1.165, 1.54) is 26.2 Å². The minimum atomic E-state index is -4.66. The molecular formula is C20H20F5N7O2. The number of alkyl halides is 3. The highest BCUT2D eigenvalue weighted by molar-refractivity contribution is 6.39. The van der Waals surface area contributed by atoms with Gasteiger partial charge in [0.15, 0.2) is 23.2 Å². The van der Waals surface area contributed by atoms with E-state index in [0.717, 1.165) is 28.1 Å². The van der Waals surface area contributed by atoms with Crippen molar-refractivity contribution in [1.82, 2.24) is 20.4 Å². The number of carbonyl (C=O) groups excluding carboxylic acids is 2. The lowest BCUT2D eigenvalue weighted by Crippen LogP contribution is -2.50. The van der Waals surface area contributed by atoms with Crippen LogP contribution < -0.4 is 15.5 Å². The van der Waals surface area contributed by atoms with Crippen molar-refractivity contribution in [3.05, 3.63) is 47.2 Å². The molecule has 1 atom stereocenters. The van der Waals surface area contributed by atoms with Crippen molar-refractivity contribution in [2.24, 2.45) is 9.98 Å². The maximum Gasteiger partial charge on any atom is 0.435 e. The third-order valence-electron chi connectivity index (χ3n) is 4.97. The molecule has 0 bridgehead atoms. The number of aromatic nitrogens is 2. The van der Waals surface area contributed by atoms with Gasteiger partial charge in [-0.2, -0.15) is 18.3 Å². The molecule has 1 aliphatic rings. The molecule has 9 nitrogen and oxygen atoms in total. The van der Waals surface area contributed by atoms with E-state index < -0.39 is 41.4 Å². The minimum Gasteiger partial charge on any atom is -0.369 e. The van der Waals surface area contributed by atoms with Gasteiger partial charge in [0.25, 0.3) is 11.8 Å². The first-order valence-corrected chi connectivity index (χ1v) is 9.93. The number of hydrogen-bond acceptors (Lipinski definition) is 4. The molecular weight excluding hydrogens is 465 g/mol. The van der Waals surface area contributed by atoms with Crippen molar-refractivity contribution < 1.29 is 31.5 Å². The Labute approximate surface area is 190 Å². The Morgan fingerprint density at radius 2 is 2.06 bits per heavy atom. The second-order valence-corrected chi connectivity index (χ2v) is 7.22. The van der Waals surface area contributed by atoms with Crippen molar-refractivity contribution in [3.63, 3.8) is 0 Å². The molecule has 1 aliphatic heterocycles. The summed E-state index contributed by atoms with van der Waals surface area (Å²) in [5, 5.41) is 8.51. The van der Waals surface area contributed by atoms with Crippen LogP contribution in [-0.4, -0.2) is 53.9 Å². The van der Waals surface area contributed by atoms with Gasteiger partial charge in [0, 0.05) is 32.3 Å². The summed E-state index contributed by atoms with van der Waals surface area (Å²) in [7, 11) is 2.68. The molecule has 2 aromatic rings. The van der Waals surface area contributed by atoms with Gasteiger partial charge in [0.1, 0.15) is 18.2 Å². The number of anilines is 1. The lowest BCUT2D eigenvalue weighted by atomic mass is 10.2. The highest BCUT2D eigenvalue weighted by Crippen LogP contribution is 2.32. The number of aliphatic imine (C=N–C) groups is 2. The van der Waals surface area contributed by atoms with Crippen molar-refractivity contribution >= 4 is 29.8 Å². The van der Waals surface area contributed by atoms with Gasteiger partial charge in [0.05, 0.1) is 6.54 Å². The smallest absolute Gasteiger partial charge is 0.369 e. The van der Waals surface area contributed by atoms with Gasteiger partial charge in [-0.25, -0.2) is 18.5 Å². The molecule has 34 heavy (non-hydrogen) atoms. The van der Waals surface area contributed by atoms with Crippen LogP contribution in [0.1, 0.15) is 17.7 Å². The fourth-order valence-electron chi connectivity index (χ4n) is 3.21. The Hall–Kier alpha value is -3.84. The molecule has 182 valence electrons. The molecule has 1 aromatic carbocycles. The molecule has 1 aromatic heterocycles. The van der Waals surface area contributed by atoms with E-state index in [2.05, 4.69) is 25.7 Å². The molecule has 0 radical (unpaired) electrons. The maximum atomic E-state index is 13.6. The Morgan fingerprint density at radius 1 is 1.32 bits per heavy atom. The molecule has 2 amide bonds. The molecule has 0 fully saturated rings. The number of fused-ring (bicyclic) bond motifs is 1. The van der Waals surface area contributed by atoms with E-state index in [-0.39, 0.29) is 36.7 Å². The highest BCUT2D eigenvalue weighted by atomic mass is 19.4. The van der Waals surface area contributed by atoms with E-state index in [1.807, 2.05) is 0 Å². The van der Waals surface area contributed by atoms with Crippen LogP contribution in [0.2, 0.25) is 0 Å². The third-order valence-corrected chi connectivity index (χ3v) is 4.97. The number of carbonyl (C=O) groups is 2. The zero-order valence-corrected chi connectivity index (χ0v) is 18.0. The third kappa shape index (κ3) is 5.38. The van der Waals surface area contributed by atoms with Gasteiger partial charge in [-0.1, -0.05) is 12.1 Å². The maximum absolute atomic E-state index is 13.6. The second-order valence-electron chi connectivity index (χ2n) is 7.22. The largest absolute Gasteiger partial charge is 0.435 e. The average molecular weight is 485 g/mol. The zero-order valence-electron chi connectivity index (χ0n) is 18.0. The van der Waals surface area contributed by atoms with Gasteiger partial charge in [-0.3, -0.25) is 19.5 Å². The number of amidine groups is 1. The van der Waals surface area contributed by atoms with Crippen molar-refractivity contribution in [2.45, 2.75) is 31.7 Å². The van der Waals surface area contributed by atoms with Crippen LogP contribution >= 0.6 is 0 Å². The molecule has 2 heterocycles. The summed E-state index contributed by atoms with van der Waals surface area (Å²) in [5.41, 5.74) is -1.12. The zero-order chi connectivity index (χ0) is 25.0. The van der Waals surface area contributed by atoms with E-state index in [4.69, 9.17) is 0 Å². The first kappa shape index (κ1) is 24.8. The van der Waals surface area contributed by atoms with Gasteiger partial charge < -0.3 is 10.6 Å². The van der Waals surface area contributed by atoms with Gasteiger partial charge in [0.2, 0.25) is 0 Å². The number of aryl methyl sites for hydroxylation is 1. The Kier molecular flexibility index (Phi) is 7.27. The number of nitrogens with one attached hydrogen (secondary N) is 2. The monoisotopic (exact) mass is 485 g/mol. The van der Waals surface area contributed by atoms with Crippen LogP contribution in [0.4, 0.5) is 27.8 Å². The average Bonchev–Trinajstić information content (AvgIpc) is 3.19. The van der Waals surface area contributed by atoms with E-state index in [9.17, 15) is 31.5 Å². The van der Waals surface area contributed by atoms with Crippen LogP contribution in [0.15, 0.2) is 34.3 Å². The fourth-order valence-corrected chi connectivity index (χ4v) is 3.21. The standard InChI is InChI=1S/C20H20F5N7O2/c1-26-17(28-10-27-9-11-4-3-5-12(21)16(11)22)18(33)29-13-6-7-32-15(31(2)19(13)34)8-14(30-32)20(23,24)25/h3-5,8,10,13H,6-7,9H2,1-2H3,(H,29,33)(H,26,27,28)/t13-/m1/s1. The van der Waals surface area contributed by atoms with E-state index >= 15 is 0 Å². The molecule has 0 saturated heterocycles. The van der Waals surface area contributed by atoms with Gasteiger partial charge >= 0.3 is 6.18 Å². The molecule has 0 aliphatic carbocycles. The van der Waals surface area contributed by atoms with Crippen LogP contribution in [0.3, 0.4) is 0 Å². The topological polar surface area (TPSA) is 104 Å². The Bertz CT molecular complexity index is 1140. The highest BCUT2D eigenvalue weighted by Gasteiger charge is 2.38. The number of nitrogens with zero attached hydrogens (tertiary/aromatic N) is 5. The summed E-state index contributed by atoms with van der Waals surface area (Å²) < 4.78 is 66.7. The molecule has 0 saturated carbocycles. The number of hydrogen-bond donors (Lipinski definition) is 2. The Morgan fingerprint density at radius 3 is 2.74 bits per heavy atom. The molecule has 14 heteroatoms. The number of rotatable bonds is 4. The number of halogens is 5. The van der Waals surface area contributed by atoms with Crippen LogP contribution in [0.25, 0.3) is 0 Å². The van der Waals surface area contributed by atoms with Crippen molar-refractivity contribution in [1.29, 1.82) is 0 Å². The summed E-state index contributed by atoms with van der Waals surface area (Å²) in [6.07, 6.45) is -3.69. The summed E-state index contributed by atoms with van der Waals surface area (Å²) in [6.45, 7) is -0.262. The first-order chi connectivity index (χ1) is 16.0. The summed E-state index contributed by atoms with van der Waals surface area (Å²) >= 11 is 0. The number of amides is 2. The fraction of sp³-hybridized carbons (Fsp3) is 0.350. The first-order valence-electron chi connectivity index (χ1n) is 9.93. The summed E-state index contributed by atoms with van der Waals surface area (Å²) in [5.74, 6) is -3.72. The van der Waals surface area contributed by atoms with Gasteiger partial charge in [-0.15, -0.1) is 0 Å². The predicted octanol–water partition coefficient (Wildman–Crippen LogP) is 1.88. The normalized spacial score (nSPS) is 17.0. The quantitative estimate of drug-likeness (QED) is 0.392. The molecule has 0 unspecified atom stereocenters. The molecule has 2 N–H and O–H groups in total. The van der Waals surface area contributed by atoms with Crippen LogP contribution in [0, 0.1) is 11.6 Å². The van der Waals surface area contributed by atoms with E-state index in [1.54, 1.807) is 0 Å². The summed E-state index contributed by atoms with van der Waals surface area (Å²) in [6, 6.07) is 3.36. The SMILES string of the molecule is CN/C(=N\C=N\Cc1cccc(F)c1F)C(=O)N[C@@H]1CCn2nc(C(F)(F)F)cc2N(C)C1=O. The lowest BCUT2D eigenvalue weighted by molar-refractivity contribution is -0.141. The van der Waals surface area contributed by atoms with Crippen molar-refractivity contribution in [2.75, 3.05) is 19.0 Å². The van der Waals surface area contributed by atoms with Gasteiger partial charge in [-0.05, 0) is 12.5 Å². The minimum absolute atomic E-state index is 0.000177. The number of benzene rings is 1. The predicted molar refractivity (Wildman–Crippen MR) is 112 cm³/mol.